The Bertz CT molecular complexity index is 340. The fourth-order valence-electron chi connectivity index (χ4n) is 1.72. The quantitative estimate of drug-likeness (QED) is 0.777. The summed E-state index contributed by atoms with van der Waals surface area (Å²) in [7, 11) is 0. The summed E-state index contributed by atoms with van der Waals surface area (Å²) in [5.74, 6) is 1.16. The van der Waals surface area contributed by atoms with E-state index in [0.717, 1.165) is 31.7 Å². The van der Waals surface area contributed by atoms with E-state index < -0.39 is 0 Å². The lowest BCUT2D eigenvalue weighted by molar-refractivity contribution is 0.0910. The van der Waals surface area contributed by atoms with Gasteiger partial charge in [0.05, 0.1) is 0 Å². The minimum Gasteiger partial charge on any atom is -0.456 e. The predicted molar refractivity (Wildman–Crippen MR) is 56.8 cm³/mol. The first-order chi connectivity index (χ1) is 7.29. The second kappa shape index (κ2) is 4.49. The van der Waals surface area contributed by atoms with Crippen molar-refractivity contribution in [1.29, 1.82) is 0 Å². The molecule has 1 unspecified atom stereocenters. The van der Waals surface area contributed by atoms with Gasteiger partial charge in [-0.25, -0.2) is 0 Å². The lowest BCUT2D eigenvalue weighted by atomic mass is 10.2. The van der Waals surface area contributed by atoms with E-state index in [1.165, 1.54) is 0 Å². The van der Waals surface area contributed by atoms with Gasteiger partial charge >= 0.3 is 0 Å². The van der Waals surface area contributed by atoms with Crippen LogP contribution in [0.1, 0.15) is 29.7 Å². The smallest absolute Gasteiger partial charge is 0.287 e. The third kappa shape index (κ3) is 2.39. The van der Waals surface area contributed by atoms with E-state index in [0.29, 0.717) is 5.76 Å². The van der Waals surface area contributed by atoms with Crippen molar-refractivity contribution in [3.8, 4) is 0 Å². The molecule has 0 bridgehead atoms. The Kier molecular flexibility index (Phi) is 3.06. The van der Waals surface area contributed by atoms with E-state index in [9.17, 15) is 4.79 Å². The van der Waals surface area contributed by atoms with Crippen LogP contribution in [0.25, 0.3) is 0 Å². The zero-order chi connectivity index (χ0) is 10.7. The van der Waals surface area contributed by atoms with E-state index in [4.69, 9.17) is 4.42 Å². The molecule has 1 fully saturated rings. The third-order valence-corrected chi connectivity index (χ3v) is 2.63. The van der Waals surface area contributed by atoms with Gasteiger partial charge in [-0.15, -0.1) is 0 Å². The van der Waals surface area contributed by atoms with Gasteiger partial charge in [0.15, 0.2) is 5.76 Å². The Morgan fingerprint density at radius 3 is 3.13 bits per heavy atom. The highest BCUT2D eigenvalue weighted by atomic mass is 16.3. The molecule has 1 saturated heterocycles. The largest absolute Gasteiger partial charge is 0.456 e. The third-order valence-electron chi connectivity index (χ3n) is 2.63. The maximum Gasteiger partial charge on any atom is 0.287 e. The standard InChI is InChI=1S/C11H16N2O2/c1-2-9-3-4-10(15-9)11(14)13-8-5-6-12-7-8/h3-4,8,12H,2,5-7H2,1H3,(H,13,14). The van der Waals surface area contributed by atoms with Gasteiger partial charge < -0.3 is 15.1 Å². The number of nitrogens with one attached hydrogen (secondary N) is 2. The fraction of sp³-hybridized carbons (Fsp3) is 0.545. The molecule has 1 aromatic rings. The number of carbonyl (C=O) groups is 1. The number of aryl methyl sites for hydroxylation is 1. The fourth-order valence-corrected chi connectivity index (χ4v) is 1.72. The first kappa shape index (κ1) is 10.2. The molecule has 2 N–H and O–H groups in total. The molecule has 0 radical (unpaired) electrons. The van der Waals surface area contributed by atoms with E-state index in [2.05, 4.69) is 10.6 Å². The highest BCUT2D eigenvalue weighted by molar-refractivity contribution is 5.91. The molecule has 0 aliphatic carbocycles. The average molecular weight is 208 g/mol. The van der Waals surface area contributed by atoms with Gasteiger partial charge in [-0.05, 0) is 25.1 Å². The van der Waals surface area contributed by atoms with Crippen molar-refractivity contribution in [3.63, 3.8) is 0 Å². The van der Waals surface area contributed by atoms with Crippen LogP contribution in [0.3, 0.4) is 0 Å². The molecule has 0 aromatic carbocycles. The molecule has 0 spiro atoms. The summed E-state index contributed by atoms with van der Waals surface area (Å²) in [6, 6.07) is 3.82. The number of hydrogen-bond acceptors (Lipinski definition) is 3. The molecule has 1 aromatic heterocycles. The van der Waals surface area contributed by atoms with Crippen LogP contribution in [-0.2, 0) is 6.42 Å². The van der Waals surface area contributed by atoms with Crippen LogP contribution in [-0.4, -0.2) is 25.0 Å². The summed E-state index contributed by atoms with van der Waals surface area (Å²) in [6.07, 6.45) is 1.81. The molecule has 1 aliphatic heterocycles. The summed E-state index contributed by atoms with van der Waals surface area (Å²) < 4.78 is 5.37. The molecule has 1 amide bonds. The first-order valence-corrected chi connectivity index (χ1v) is 5.40. The number of hydrogen-bond donors (Lipinski definition) is 2. The van der Waals surface area contributed by atoms with Crippen LogP contribution in [0.15, 0.2) is 16.5 Å². The van der Waals surface area contributed by atoms with Crippen molar-refractivity contribution in [3.05, 3.63) is 23.7 Å². The van der Waals surface area contributed by atoms with Crippen molar-refractivity contribution < 1.29 is 9.21 Å². The maximum absolute atomic E-state index is 11.7. The van der Waals surface area contributed by atoms with Gasteiger partial charge in [-0.2, -0.15) is 0 Å². The molecule has 1 aliphatic rings. The van der Waals surface area contributed by atoms with Crippen molar-refractivity contribution >= 4 is 5.91 Å². The topological polar surface area (TPSA) is 54.3 Å². The molecular formula is C11H16N2O2. The molecule has 0 saturated carbocycles. The van der Waals surface area contributed by atoms with Crippen molar-refractivity contribution in [2.45, 2.75) is 25.8 Å². The van der Waals surface area contributed by atoms with Gasteiger partial charge in [0.1, 0.15) is 5.76 Å². The van der Waals surface area contributed by atoms with E-state index in [1.807, 2.05) is 13.0 Å². The number of rotatable bonds is 3. The van der Waals surface area contributed by atoms with Crippen LogP contribution in [0, 0.1) is 0 Å². The number of furan rings is 1. The summed E-state index contributed by atoms with van der Waals surface area (Å²) in [5, 5.41) is 6.14. The second-order valence-corrected chi connectivity index (χ2v) is 3.78. The SMILES string of the molecule is CCc1ccc(C(=O)NC2CCNC2)o1. The van der Waals surface area contributed by atoms with Crippen LogP contribution in [0.2, 0.25) is 0 Å². The van der Waals surface area contributed by atoms with Crippen molar-refractivity contribution in [2.75, 3.05) is 13.1 Å². The van der Waals surface area contributed by atoms with Crippen molar-refractivity contribution in [1.82, 2.24) is 10.6 Å². The first-order valence-electron chi connectivity index (χ1n) is 5.40. The molecule has 15 heavy (non-hydrogen) atoms. The Morgan fingerprint density at radius 2 is 2.53 bits per heavy atom. The van der Waals surface area contributed by atoms with E-state index >= 15 is 0 Å². The van der Waals surface area contributed by atoms with Crippen molar-refractivity contribution in [2.24, 2.45) is 0 Å². The predicted octanol–water partition coefficient (Wildman–Crippen LogP) is 0.934. The number of amides is 1. The Hall–Kier alpha value is -1.29. The molecule has 2 rings (SSSR count). The van der Waals surface area contributed by atoms with Gasteiger partial charge in [0.25, 0.3) is 5.91 Å². The van der Waals surface area contributed by atoms with Crippen LogP contribution in [0.4, 0.5) is 0 Å². The average Bonchev–Trinajstić information content (AvgIpc) is 2.86. The molecule has 4 heteroatoms. The van der Waals surface area contributed by atoms with Gasteiger partial charge in [-0.3, -0.25) is 4.79 Å². The zero-order valence-corrected chi connectivity index (χ0v) is 8.88. The van der Waals surface area contributed by atoms with Gasteiger partial charge in [-0.1, -0.05) is 6.92 Å². The van der Waals surface area contributed by atoms with Gasteiger partial charge in [0.2, 0.25) is 0 Å². The molecule has 82 valence electrons. The molecule has 2 heterocycles. The summed E-state index contributed by atoms with van der Waals surface area (Å²) in [5.41, 5.74) is 0. The molecular weight excluding hydrogens is 192 g/mol. The Morgan fingerprint density at radius 1 is 1.67 bits per heavy atom. The highest BCUT2D eigenvalue weighted by Crippen LogP contribution is 2.09. The lowest BCUT2D eigenvalue weighted by Crippen LogP contribution is -2.35. The zero-order valence-electron chi connectivity index (χ0n) is 8.88. The minimum atomic E-state index is -0.108. The van der Waals surface area contributed by atoms with E-state index in [-0.39, 0.29) is 11.9 Å². The monoisotopic (exact) mass is 208 g/mol. The lowest BCUT2D eigenvalue weighted by Gasteiger charge is -2.09. The Labute approximate surface area is 89.0 Å². The molecule has 4 nitrogen and oxygen atoms in total. The second-order valence-electron chi connectivity index (χ2n) is 3.78. The van der Waals surface area contributed by atoms with E-state index in [1.54, 1.807) is 6.07 Å². The Balaban J connectivity index is 1.94. The maximum atomic E-state index is 11.7. The van der Waals surface area contributed by atoms with Crippen LogP contribution < -0.4 is 10.6 Å². The summed E-state index contributed by atoms with van der Waals surface area (Å²) in [4.78, 5) is 11.7. The normalized spacial score (nSPS) is 20.5. The highest BCUT2D eigenvalue weighted by Gasteiger charge is 2.19. The van der Waals surface area contributed by atoms with Crippen LogP contribution in [0.5, 0.6) is 0 Å². The molecule has 1 atom stereocenters. The van der Waals surface area contributed by atoms with Gasteiger partial charge in [0, 0.05) is 19.0 Å². The summed E-state index contributed by atoms with van der Waals surface area (Å²) >= 11 is 0. The number of carbonyl (C=O) groups excluding carboxylic acids is 1. The van der Waals surface area contributed by atoms with Crippen LogP contribution >= 0.6 is 0 Å². The summed E-state index contributed by atoms with van der Waals surface area (Å²) in [6.45, 7) is 3.83. The minimum absolute atomic E-state index is 0.108.